The van der Waals surface area contributed by atoms with Crippen LogP contribution in [0.5, 0.6) is 0 Å². The molecule has 0 saturated carbocycles. The quantitative estimate of drug-likeness (QED) is 0.0323. The molecule has 125 heavy (non-hydrogen) atoms. The van der Waals surface area contributed by atoms with Crippen LogP contribution in [0.4, 0.5) is 8.78 Å². The molecular formula is C90H128Br4F2N13NaO15. The monoisotopic (exact) mass is 2010 g/mol. The van der Waals surface area contributed by atoms with E-state index >= 15 is 0 Å². The fourth-order valence-corrected chi connectivity index (χ4v) is 18.4. The molecule has 35 heteroatoms. The number of amides is 4. The van der Waals surface area contributed by atoms with Gasteiger partial charge in [-0.1, -0.05) is 28.7 Å². The van der Waals surface area contributed by atoms with E-state index in [9.17, 15) is 52.2 Å². The number of aromatic carboxylic acids is 1. The van der Waals surface area contributed by atoms with Crippen molar-refractivity contribution in [1.29, 1.82) is 0 Å². The average Bonchev–Trinajstić information content (AvgIpc) is 1.72. The van der Waals surface area contributed by atoms with Gasteiger partial charge in [-0.25, -0.2) is 14.4 Å². The summed E-state index contributed by atoms with van der Waals surface area (Å²) in [4.78, 5) is 115. The molecule has 13 rings (SSSR count). The number of aromatic amines is 1. The van der Waals surface area contributed by atoms with Gasteiger partial charge in [0.1, 0.15) is 19.8 Å². The van der Waals surface area contributed by atoms with Gasteiger partial charge in [-0.3, -0.25) is 52.4 Å². The molecule has 4 amide bonds. The molecule has 4 aliphatic heterocycles. The van der Waals surface area contributed by atoms with Crippen molar-refractivity contribution in [2.24, 2.45) is 0 Å². The van der Waals surface area contributed by atoms with Crippen LogP contribution in [0.15, 0.2) is 102 Å². The first kappa shape index (κ1) is 108. The van der Waals surface area contributed by atoms with E-state index in [2.05, 4.69) is 147 Å². The number of halogens is 6. The topological polar surface area (TPSA) is 334 Å². The van der Waals surface area contributed by atoms with E-state index in [0.717, 1.165) is 104 Å². The number of hydrogen-bond acceptors (Lipinski definition) is 18. The van der Waals surface area contributed by atoms with Gasteiger partial charge in [0, 0.05) is 214 Å². The Hall–Kier alpha value is -7.26. The number of piperazine rings is 3. The first-order chi connectivity index (χ1) is 57.9. The molecule has 9 aromatic heterocycles. The number of ether oxygens (including phenoxy) is 2. The molecule has 0 radical (unpaired) electrons. The number of fused-ring (bicyclic) bond motifs is 4. The third-order valence-electron chi connectivity index (χ3n) is 22.7. The number of aliphatic hydroxyl groups is 3. The number of alkyl halides is 2. The van der Waals surface area contributed by atoms with Crippen molar-refractivity contribution in [1.82, 2.24) is 62.2 Å². The Morgan fingerprint density at radius 1 is 0.448 bits per heavy atom. The van der Waals surface area contributed by atoms with Gasteiger partial charge in [-0.2, -0.15) is 0 Å². The maximum atomic E-state index is 13.4. The molecule has 0 aromatic carbocycles. The van der Waals surface area contributed by atoms with E-state index in [1.807, 2.05) is 135 Å². The maximum Gasteiger partial charge on any atom is 1.00 e. The van der Waals surface area contributed by atoms with Crippen LogP contribution < -0.4 is 40.4 Å². The van der Waals surface area contributed by atoms with Crippen molar-refractivity contribution in [3.63, 3.8) is 0 Å². The van der Waals surface area contributed by atoms with Crippen molar-refractivity contribution in [3.05, 3.63) is 192 Å². The number of pyridine rings is 5. The summed E-state index contributed by atoms with van der Waals surface area (Å²) in [5.41, 5.74) is 15.4. The average molecular weight is 2010 g/mol. The van der Waals surface area contributed by atoms with E-state index in [1.54, 1.807) is 20.8 Å². The van der Waals surface area contributed by atoms with Gasteiger partial charge in [0.15, 0.2) is 0 Å². The first-order valence-electron chi connectivity index (χ1n) is 41.5. The van der Waals surface area contributed by atoms with Gasteiger partial charge in [-0.05, 0) is 269 Å². The molecule has 4 unspecified atom stereocenters. The van der Waals surface area contributed by atoms with Crippen LogP contribution in [0.3, 0.4) is 0 Å². The number of piperidine rings is 1. The number of aromatic nitrogens is 5. The zero-order valence-electron chi connectivity index (χ0n) is 74.2. The summed E-state index contributed by atoms with van der Waals surface area (Å²) in [5.74, 6) is -2.46. The van der Waals surface area contributed by atoms with Crippen LogP contribution in [0.25, 0.3) is 22.1 Å². The number of nitrogens with zero attached hydrogens (tertiary/aromatic N) is 11. The number of likely N-dealkylation sites (tertiary alicyclic amines) is 1. The maximum absolute atomic E-state index is 13.4. The van der Waals surface area contributed by atoms with Crippen molar-refractivity contribution < 1.29 is 110 Å². The number of aryl methyl sites for hydroxylation is 2. The molecule has 4 fully saturated rings. The largest absolute Gasteiger partial charge is 1.00 e. The molecule has 7 N–H and O–H groups in total. The molecular weight excluding hydrogens is 1880 g/mol. The van der Waals surface area contributed by atoms with Crippen molar-refractivity contribution in [3.8, 4) is 0 Å². The van der Waals surface area contributed by atoms with Gasteiger partial charge in [-0.15, -0.1) is 0 Å². The summed E-state index contributed by atoms with van der Waals surface area (Å²) in [7, 11) is -2.00. The Balaban J connectivity index is 0.000000425. The minimum absolute atomic E-state index is 0. The predicted molar refractivity (Wildman–Crippen MR) is 496 cm³/mol. The number of rotatable bonds is 19. The molecule has 0 bridgehead atoms. The van der Waals surface area contributed by atoms with Crippen LogP contribution in [-0.2, 0) is 30.4 Å². The number of carboxylic acid groups (broad SMARTS) is 1. The third-order valence-corrected chi connectivity index (χ3v) is 24.5. The molecule has 4 aliphatic rings. The minimum Gasteiger partial charge on any atom is -0.870 e. The van der Waals surface area contributed by atoms with Crippen molar-refractivity contribution in [2.45, 2.75) is 181 Å². The number of carbonyl (C=O) groups excluding carboxylic acids is 6. The Labute approximate surface area is 792 Å². The zero-order chi connectivity index (χ0) is 90.0. The third kappa shape index (κ3) is 27.2. The van der Waals surface area contributed by atoms with E-state index in [1.165, 1.54) is 25.0 Å². The molecule has 0 spiro atoms. The van der Waals surface area contributed by atoms with E-state index < -0.39 is 40.1 Å². The molecule has 28 nitrogen and oxygen atoms in total. The van der Waals surface area contributed by atoms with Gasteiger partial charge >= 0.3 is 47.5 Å². The van der Waals surface area contributed by atoms with E-state index in [4.69, 9.17) is 27.5 Å². The number of carbonyl (C=O) groups is 7. The zero-order valence-corrected chi connectivity index (χ0v) is 80.6. The van der Waals surface area contributed by atoms with Crippen LogP contribution in [0, 0.1) is 41.5 Å². The van der Waals surface area contributed by atoms with Gasteiger partial charge in [0.25, 0.3) is 11.5 Å². The van der Waals surface area contributed by atoms with E-state index in [-0.39, 0.29) is 141 Å². The predicted octanol–water partition coefficient (Wildman–Crippen LogP) is 12.2. The van der Waals surface area contributed by atoms with Gasteiger partial charge < -0.3 is 78.0 Å². The normalized spacial score (nSPS) is 15.5. The molecule has 686 valence electrons. The minimum atomic E-state index is -1.00. The first-order valence-corrected chi connectivity index (χ1v) is 43.2. The van der Waals surface area contributed by atoms with Crippen molar-refractivity contribution >= 4 is 127 Å². The second kappa shape index (κ2) is 51.2. The number of H-pyrrole nitrogens is 1. The second-order valence-electron chi connectivity index (χ2n) is 30.9. The number of aliphatic hydroxyl groups excluding tert-OH is 3. The molecule has 4 saturated heterocycles. The van der Waals surface area contributed by atoms with Crippen LogP contribution >= 0.6 is 63.7 Å². The number of nitrogens with one attached hydrogen (secondary N) is 2. The summed E-state index contributed by atoms with van der Waals surface area (Å²) in [5, 5.41) is 39.8. The van der Waals surface area contributed by atoms with E-state index in [0.29, 0.717) is 106 Å². The molecule has 4 atom stereocenters. The Kier molecular flexibility index (Phi) is 44.4. The van der Waals surface area contributed by atoms with Crippen LogP contribution in [-0.4, -0.2) is 262 Å². The number of carboxylic acids is 1. The fraction of sp³-hybridized carbons (Fsp3) is 0.511. The van der Waals surface area contributed by atoms with Gasteiger partial charge in [0.2, 0.25) is 17.7 Å². The number of hydrogen-bond donors (Lipinski definition) is 6. The van der Waals surface area contributed by atoms with Gasteiger partial charge in [0.05, 0.1) is 45.9 Å². The summed E-state index contributed by atoms with van der Waals surface area (Å²) in [6.07, 6.45) is 11.6. The van der Waals surface area contributed by atoms with Crippen molar-refractivity contribution in [2.75, 3.05) is 126 Å². The molecule has 13 heterocycles. The van der Waals surface area contributed by atoms with Crippen LogP contribution in [0.2, 0.25) is 0 Å². The molecule has 0 aliphatic carbocycles. The summed E-state index contributed by atoms with van der Waals surface area (Å²) in [6.45, 7) is 35.9. The number of esters is 2. The van der Waals surface area contributed by atoms with Crippen LogP contribution in [0.1, 0.15) is 227 Å². The smallest absolute Gasteiger partial charge is 0.870 e. The Morgan fingerprint density at radius 2 is 0.720 bits per heavy atom. The Morgan fingerprint density at radius 3 is 1.00 bits per heavy atom. The summed E-state index contributed by atoms with van der Waals surface area (Å²) >= 11 is 14.2. The molecule has 9 aromatic rings. The SMILES string of the molecule is C.C.C.Cc1c(C(=O)O)cc2cc(Br)cn2c1C(C)N1CCN(C(=O)CO)CC1.Cc1c(C(=O)OC(C)C)cc2cc(Br)cn2c1C(C)N1CCCCC1.Cc1c(C(=O)OC(C)C)cc2cc(Br)cn2c1C(C)N1CCN(C(=O)CO)CC1.Cc1cc(C)c(CNC(=O)c2cc3cc(Br)cn3c(C(C)N3CCN(C(=O)CO)CC3)c2C)c(=O)[nH]1.[2H]CF.[2H]CF.[Na+].[OH-]. The summed E-state index contributed by atoms with van der Waals surface area (Å²) < 4.78 is 54.2. The fourth-order valence-electron chi connectivity index (χ4n) is 16.6. The second-order valence-corrected chi connectivity index (χ2v) is 34.6. The summed E-state index contributed by atoms with van der Waals surface area (Å²) in [6, 6.07) is 17.4. The standard InChI is InChI=1S/C26H32BrN5O4.C21H28BrN3O4.C20H27BrN2O2.C18H22BrN3O4.2CH3F.3CH4.Na.H2O/c1-15-9-16(2)29-26(36)22(15)12-28-25(35)21-11-20-10-19(27)13-32(20)24(17(21)3)18(4)30-5-7-31(8-6-30)23(34)14-33;1-13(2)29-21(28)18-10-17-9-16(22)11-25(17)20(14(18)3)15(4)23-5-7-24(8-6-23)19(27)12-26;1-13(2)25-20(24)18-11-17-10-16(21)12-23(17)19(14(18)3)15(4)22-8-6-5-7-9-22;1-11-15(18(25)26)8-14-7-13(19)9-22(14)17(11)12(2)20-3-5-21(6-4-20)16(24)10-23;2*1-2;;;;;/h9-11,13,18,33H,5-8,12,14H2,1-4H3,(H,28,35)(H,29,36);9-11,13,15,26H,5-8,12H2,1-4H3;10-13,15H,5-9H2,1-4H3;7-9,12,23H,3-6,10H2,1-2H3,(H,25,26);2*1H3;3*1H4;;1H2/q;;;;;;;;;+1;/p-1/i;;;;2*1D;;;;;. The Bertz CT molecular complexity index is 5250.